The van der Waals surface area contributed by atoms with Crippen molar-refractivity contribution in [2.75, 3.05) is 6.61 Å². The highest BCUT2D eigenvalue weighted by Crippen LogP contribution is 2.38. The van der Waals surface area contributed by atoms with Crippen LogP contribution in [0.5, 0.6) is 5.75 Å². The number of para-hydroxylation sites is 1. The second-order valence-electron chi connectivity index (χ2n) is 5.41. The van der Waals surface area contributed by atoms with Crippen molar-refractivity contribution in [1.29, 1.82) is 0 Å². The Morgan fingerprint density at radius 1 is 1.11 bits per heavy atom. The Labute approximate surface area is 111 Å². The minimum Gasteiger partial charge on any atom is -0.493 e. The molecular weight excluding hydrogens is 222 g/mol. The van der Waals surface area contributed by atoms with Crippen LogP contribution in [-0.4, -0.2) is 6.61 Å². The van der Waals surface area contributed by atoms with Crippen LogP contribution in [0.4, 0.5) is 0 Å². The van der Waals surface area contributed by atoms with Gasteiger partial charge in [0.25, 0.3) is 0 Å². The molecule has 2 rings (SSSR count). The number of ether oxygens (including phenoxy) is 1. The minimum atomic E-state index is -0.180. The topological polar surface area (TPSA) is 35.2 Å². The van der Waals surface area contributed by atoms with Gasteiger partial charge in [0.05, 0.1) is 6.61 Å². The summed E-state index contributed by atoms with van der Waals surface area (Å²) in [5.74, 6) is 0.990. The lowest BCUT2D eigenvalue weighted by molar-refractivity contribution is 0.295. The Balaban J connectivity index is 2.24. The predicted octanol–water partition coefficient (Wildman–Crippen LogP) is 3.98. The molecule has 0 bridgehead atoms. The number of benzene rings is 1. The molecule has 0 aromatic heterocycles. The number of rotatable bonds is 4. The molecule has 0 saturated heterocycles. The molecule has 18 heavy (non-hydrogen) atoms. The van der Waals surface area contributed by atoms with E-state index >= 15 is 0 Å². The molecule has 1 aromatic carbocycles. The van der Waals surface area contributed by atoms with E-state index in [0.29, 0.717) is 0 Å². The third kappa shape index (κ3) is 3.05. The van der Waals surface area contributed by atoms with Crippen LogP contribution in [0.3, 0.4) is 0 Å². The van der Waals surface area contributed by atoms with Crippen molar-refractivity contribution in [3.63, 3.8) is 0 Å². The van der Waals surface area contributed by atoms with E-state index in [1.807, 2.05) is 6.07 Å². The first-order valence-electron chi connectivity index (χ1n) is 7.27. The maximum Gasteiger partial charge on any atom is 0.124 e. The van der Waals surface area contributed by atoms with Crippen LogP contribution >= 0.6 is 0 Å². The zero-order valence-electron chi connectivity index (χ0n) is 11.5. The van der Waals surface area contributed by atoms with Crippen molar-refractivity contribution in [3.05, 3.63) is 29.8 Å². The summed E-state index contributed by atoms with van der Waals surface area (Å²) in [5, 5.41) is 0. The molecule has 2 N–H and O–H groups in total. The molecule has 1 aliphatic carbocycles. The molecule has 0 radical (unpaired) electrons. The third-order valence-electron chi connectivity index (χ3n) is 3.88. The van der Waals surface area contributed by atoms with Gasteiger partial charge >= 0.3 is 0 Å². The molecule has 2 heteroatoms. The largest absolute Gasteiger partial charge is 0.493 e. The van der Waals surface area contributed by atoms with E-state index in [2.05, 4.69) is 25.1 Å². The van der Waals surface area contributed by atoms with Crippen LogP contribution in [0.2, 0.25) is 0 Å². The third-order valence-corrected chi connectivity index (χ3v) is 3.88. The Kier molecular flexibility index (Phi) is 4.65. The van der Waals surface area contributed by atoms with Gasteiger partial charge in [0.2, 0.25) is 0 Å². The van der Waals surface area contributed by atoms with Gasteiger partial charge in [-0.1, -0.05) is 50.8 Å². The molecule has 100 valence electrons. The fourth-order valence-corrected chi connectivity index (χ4v) is 2.84. The lowest BCUT2D eigenvalue weighted by Gasteiger charge is -2.30. The van der Waals surface area contributed by atoms with Crippen molar-refractivity contribution in [2.24, 2.45) is 5.73 Å². The second-order valence-corrected chi connectivity index (χ2v) is 5.41. The van der Waals surface area contributed by atoms with Crippen LogP contribution in [0, 0.1) is 0 Å². The first-order chi connectivity index (χ1) is 8.76. The molecule has 1 aromatic rings. The van der Waals surface area contributed by atoms with Gasteiger partial charge in [0.15, 0.2) is 0 Å². The Morgan fingerprint density at radius 2 is 1.78 bits per heavy atom. The Hall–Kier alpha value is -1.02. The standard InChI is InChI=1S/C16H25NO/c1-2-13-18-15-10-6-5-9-14(15)16(17)11-7-3-4-8-12-16/h5-6,9-10H,2-4,7-8,11-13,17H2,1H3. The molecule has 1 saturated carbocycles. The summed E-state index contributed by atoms with van der Waals surface area (Å²) in [7, 11) is 0. The predicted molar refractivity (Wildman–Crippen MR) is 75.8 cm³/mol. The fraction of sp³-hybridized carbons (Fsp3) is 0.625. The van der Waals surface area contributed by atoms with Crippen LogP contribution in [0.15, 0.2) is 24.3 Å². The van der Waals surface area contributed by atoms with Crippen molar-refractivity contribution in [2.45, 2.75) is 57.4 Å². The maximum absolute atomic E-state index is 6.67. The van der Waals surface area contributed by atoms with Gasteiger partial charge in [-0.2, -0.15) is 0 Å². The highest BCUT2D eigenvalue weighted by atomic mass is 16.5. The second kappa shape index (κ2) is 6.24. The van der Waals surface area contributed by atoms with Crippen LogP contribution in [-0.2, 0) is 5.54 Å². The van der Waals surface area contributed by atoms with Crippen molar-refractivity contribution < 1.29 is 4.74 Å². The summed E-state index contributed by atoms with van der Waals surface area (Å²) in [6.45, 7) is 2.90. The van der Waals surface area contributed by atoms with Gasteiger partial charge in [-0.05, 0) is 25.3 Å². The van der Waals surface area contributed by atoms with E-state index in [4.69, 9.17) is 10.5 Å². The zero-order chi connectivity index (χ0) is 12.8. The van der Waals surface area contributed by atoms with Crippen molar-refractivity contribution in [1.82, 2.24) is 0 Å². The fourth-order valence-electron chi connectivity index (χ4n) is 2.84. The summed E-state index contributed by atoms with van der Waals surface area (Å²) in [6, 6.07) is 8.32. The van der Waals surface area contributed by atoms with Crippen LogP contribution < -0.4 is 10.5 Å². The highest BCUT2D eigenvalue weighted by Gasteiger charge is 2.30. The van der Waals surface area contributed by atoms with E-state index in [-0.39, 0.29) is 5.54 Å². The van der Waals surface area contributed by atoms with Gasteiger partial charge in [-0.3, -0.25) is 0 Å². The number of nitrogens with two attached hydrogens (primary N) is 1. The quantitative estimate of drug-likeness (QED) is 0.817. The first-order valence-corrected chi connectivity index (χ1v) is 7.27. The lowest BCUT2D eigenvalue weighted by atomic mass is 9.83. The average molecular weight is 247 g/mol. The average Bonchev–Trinajstić information content (AvgIpc) is 2.62. The van der Waals surface area contributed by atoms with Gasteiger partial charge < -0.3 is 10.5 Å². The summed E-state index contributed by atoms with van der Waals surface area (Å²) in [4.78, 5) is 0. The molecule has 2 nitrogen and oxygen atoms in total. The first kappa shape index (κ1) is 13.4. The van der Waals surface area contributed by atoms with E-state index in [9.17, 15) is 0 Å². The smallest absolute Gasteiger partial charge is 0.124 e. The normalized spacial score (nSPS) is 19.2. The van der Waals surface area contributed by atoms with Crippen LogP contribution in [0.1, 0.15) is 57.4 Å². The SMILES string of the molecule is CCCOc1ccccc1C1(N)CCCCCC1. The molecule has 1 aliphatic rings. The zero-order valence-corrected chi connectivity index (χ0v) is 11.5. The monoisotopic (exact) mass is 247 g/mol. The lowest BCUT2D eigenvalue weighted by Crippen LogP contribution is -2.36. The molecule has 0 spiro atoms. The molecule has 1 fully saturated rings. The van der Waals surface area contributed by atoms with Gasteiger partial charge in [0, 0.05) is 11.1 Å². The summed E-state index contributed by atoms with van der Waals surface area (Å²) >= 11 is 0. The molecule has 0 heterocycles. The van der Waals surface area contributed by atoms with Crippen molar-refractivity contribution in [3.8, 4) is 5.75 Å². The molecular formula is C16H25NO. The van der Waals surface area contributed by atoms with E-state index in [1.54, 1.807) is 0 Å². The number of hydrogen-bond acceptors (Lipinski definition) is 2. The minimum absolute atomic E-state index is 0.180. The van der Waals surface area contributed by atoms with Crippen LogP contribution in [0.25, 0.3) is 0 Å². The molecule has 0 unspecified atom stereocenters. The van der Waals surface area contributed by atoms with E-state index < -0.39 is 0 Å². The Bertz CT molecular complexity index is 367. The molecule has 0 amide bonds. The maximum atomic E-state index is 6.67. The number of hydrogen-bond donors (Lipinski definition) is 1. The van der Waals surface area contributed by atoms with Crippen molar-refractivity contribution >= 4 is 0 Å². The Morgan fingerprint density at radius 3 is 2.44 bits per heavy atom. The molecule has 0 atom stereocenters. The molecule has 0 aliphatic heterocycles. The highest BCUT2D eigenvalue weighted by molar-refractivity contribution is 5.39. The summed E-state index contributed by atoms with van der Waals surface area (Å²) in [6.07, 6.45) is 8.30. The summed E-state index contributed by atoms with van der Waals surface area (Å²) < 4.78 is 5.87. The van der Waals surface area contributed by atoms with Gasteiger partial charge in [-0.15, -0.1) is 0 Å². The van der Waals surface area contributed by atoms with Gasteiger partial charge in [0.1, 0.15) is 5.75 Å². The van der Waals surface area contributed by atoms with E-state index in [1.165, 1.54) is 31.2 Å². The van der Waals surface area contributed by atoms with Gasteiger partial charge in [-0.25, -0.2) is 0 Å². The van der Waals surface area contributed by atoms with E-state index in [0.717, 1.165) is 31.6 Å². The summed E-state index contributed by atoms with van der Waals surface area (Å²) in [5.41, 5.74) is 7.70.